The lowest BCUT2D eigenvalue weighted by Gasteiger charge is -1.77. The zero-order valence-corrected chi connectivity index (χ0v) is 3.81. The van der Waals surface area contributed by atoms with Crippen molar-refractivity contribution in [1.82, 2.24) is 0 Å². The molecule has 0 fully saturated rings. The fourth-order valence-corrected chi connectivity index (χ4v) is 0.281. The second-order valence-corrected chi connectivity index (χ2v) is 1.12. The van der Waals surface area contributed by atoms with Crippen molar-refractivity contribution >= 4 is 6.03 Å². The minimum atomic E-state index is -0.882. The van der Waals surface area contributed by atoms with Gasteiger partial charge in [0.1, 0.15) is 11.3 Å². The lowest BCUT2D eigenvalue weighted by molar-refractivity contribution is -0.373. The van der Waals surface area contributed by atoms with Gasteiger partial charge in [-0.2, -0.15) is 4.79 Å². The first kappa shape index (κ1) is 4.76. The van der Waals surface area contributed by atoms with Crippen molar-refractivity contribution in [2.75, 3.05) is 0 Å². The number of amides is 2. The van der Waals surface area contributed by atoms with Crippen molar-refractivity contribution in [3.63, 3.8) is 0 Å². The van der Waals surface area contributed by atoms with Crippen LogP contribution in [0.2, 0.25) is 0 Å². The highest BCUT2D eigenvalue weighted by molar-refractivity contribution is 5.65. The molecule has 5 nitrogen and oxygen atoms in total. The predicted molar refractivity (Wildman–Crippen MR) is 23.0 cm³/mol. The third kappa shape index (κ3) is 0.651. The molecule has 5 heteroatoms. The standard InChI is InChI=1S/C3H2N3O2/c7-3-5-4-1-2-6(3)8/h1-2H/q+1. The predicted octanol–water partition coefficient (Wildman–Crippen LogP) is 0.822. The minimum Gasteiger partial charge on any atom is -0.188 e. The summed E-state index contributed by atoms with van der Waals surface area (Å²) in [6, 6.07) is -0.882. The monoisotopic (exact) mass is 112 g/mol. The molecule has 1 aliphatic heterocycles. The summed E-state index contributed by atoms with van der Waals surface area (Å²) in [6.45, 7) is 0. The maximum absolute atomic E-state index is 10.1. The summed E-state index contributed by atoms with van der Waals surface area (Å²) >= 11 is 0. The third-order valence-electron chi connectivity index (χ3n) is 0.601. The number of nitrogens with zero attached hydrogens (tertiary/aromatic N) is 3. The van der Waals surface area contributed by atoms with Crippen LogP contribution in [0.4, 0.5) is 4.79 Å². The molecule has 0 aromatic heterocycles. The van der Waals surface area contributed by atoms with E-state index in [0.717, 1.165) is 12.4 Å². The quantitative estimate of drug-likeness (QED) is 0.435. The van der Waals surface area contributed by atoms with Crippen LogP contribution in [-0.4, -0.2) is 10.8 Å². The largest absolute Gasteiger partial charge is 0.608 e. The lowest BCUT2D eigenvalue weighted by Crippen LogP contribution is -2.07. The van der Waals surface area contributed by atoms with Crippen molar-refractivity contribution in [2.45, 2.75) is 0 Å². The van der Waals surface area contributed by atoms with Crippen LogP contribution < -0.4 is 0 Å². The number of rotatable bonds is 0. The highest BCUT2D eigenvalue weighted by Crippen LogP contribution is 1.93. The van der Waals surface area contributed by atoms with E-state index in [0.29, 0.717) is 0 Å². The van der Waals surface area contributed by atoms with Crippen molar-refractivity contribution in [1.29, 1.82) is 0 Å². The number of carbonyl (C=O) groups is 1. The van der Waals surface area contributed by atoms with Gasteiger partial charge >= 0.3 is 6.03 Å². The van der Waals surface area contributed by atoms with Crippen LogP contribution in [0.15, 0.2) is 22.6 Å². The van der Waals surface area contributed by atoms with Crippen LogP contribution in [0.25, 0.3) is 0 Å². The first-order valence-corrected chi connectivity index (χ1v) is 1.88. The Morgan fingerprint density at radius 2 is 2.38 bits per heavy atom. The highest BCUT2D eigenvalue weighted by atomic mass is 16.3. The van der Waals surface area contributed by atoms with Crippen LogP contribution in [0.1, 0.15) is 0 Å². The van der Waals surface area contributed by atoms with Gasteiger partial charge < -0.3 is 0 Å². The fourth-order valence-electron chi connectivity index (χ4n) is 0.281. The Kier molecular flexibility index (Phi) is 0.957. The number of hydrogen-bond acceptors (Lipinski definition) is 3. The first-order chi connectivity index (χ1) is 3.80. The topological polar surface area (TPSA) is 61.9 Å². The molecule has 0 radical (unpaired) electrons. The molecule has 0 bridgehead atoms. The molecular formula is C3H2N3O2+. The number of carbonyl (C=O) groups excluding carboxylic acids is 1. The van der Waals surface area contributed by atoms with Gasteiger partial charge in [-0.05, 0) is 5.11 Å². The third-order valence-corrected chi connectivity index (χ3v) is 0.601. The van der Waals surface area contributed by atoms with E-state index in [1.54, 1.807) is 0 Å². The van der Waals surface area contributed by atoms with Crippen LogP contribution in [0, 0.1) is 4.91 Å². The number of urea groups is 1. The summed E-state index contributed by atoms with van der Waals surface area (Å²) in [4.78, 5) is 20.2. The number of nitroso groups, excluding NO2 is 1. The maximum atomic E-state index is 10.1. The summed E-state index contributed by atoms with van der Waals surface area (Å²) in [6.07, 6.45) is 2.14. The van der Waals surface area contributed by atoms with Gasteiger partial charge in [0.15, 0.2) is 6.20 Å². The van der Waals surface area contributed by atoms with E-state index >= 15 is 0 Å². The van der Waals surface area contributed by atoms with Gasteiger partial charge in [0.25, 0.3) is 0 Å². The Morgan fingerprint density at radius 3 is 2.75 bits per heavy atom. The minimum absolute atomic E-state index is 0.104. The molecular weight excluding hydrogens is 110 g/mol. The molecule has 1 aliphatic rings. The SMILES string of the molecule is O=C1N=NC=C[N+]1=O. The van der Waals surface area contributed by atoms with Crippen molar-refractivity contribution < 1.29 is 9.55 Å². The molecule has 0 spiro atoms. The van der Waals surface area contributed by atoms with Crippen LogP contribution >= 0.6 is 0 Å². The molecule has 0 saturated heterocycles. The van der Waals surface area contributed by atoms with Gasteiger partial charge in [0, 0.05) is 0 Å². The Bertz CT molecular complexity index is 171. The summed E-state index contributed by atoms with van der Waals surface area (Å²) in [5, 5.41) is 6.09. The van der Waals surface area contributed by atoms with E-state index in [9.17, 15) is 9.70 Å². The van der Waals surface area contributed by atoms with Gasteiger partial charge in [-0.15, -0.1) is 0 Å². The van der Waals surface area contributed by atoms with E-state index < -0.39 is 6.03 Å². The van der Waals surface area contributed by atoms with Gasteiger partial charge in [0.05, 0.1) is 4.76 Å². The number of hydrogen-bond donors (Lipinski definition) is 0. The molecule has 0 aromatic carbocycles. The molecule has 0 aliphatic carbocycles. The van der Waals surface area contributed by atoms with Crippen LogP contribution in [0.3, 0.4) is 0 Å². The molecule has 0 atom stereocenters. The second-order valence-electron chi connectivity index (χ2n) is 1.12. The molecule has 0 saturated carbocycles. The van der Waals surface area contributed by atoms with E-state index in [1.165, 1.54) is 0 Å². The Morgan fingerprint density at radius 1 is 1.62 bits per heavy atom. The van der Waals surface area contributed by atoms with Gasteiger partial charge in [-0.3, -0.25) is 0 Å². The van der Waals surface area contributed by atoms with Gasteiger partial charge in [-0.1, -0.05) is 4.91 Å². The van der Waals surface area contributed by atoms with Crippen molar-refractivity contribution in [3.05, 3.63) is 17.3 Å². The maximum Gasteiger partial charge on any atom is 0.608 e. The summed E-state index contributed by atoms with van der Waals surface area (Å²) in [7, 11) is 0. The second kappa shape index (κ2) is 1.61. The average Bonchev–Trinajstić information content (AvgIpc) is 1.77. The summed E-state index contributed by atoms with van der Waals surface area (Å²) in [5.41, 5.74) is 0. The van der Waals surface area contributed by atoms with E-state index in [1.807, 2.05) is 0 Å². The van der Waals surface area contributed by atoms with E-state index in [4.69, 9.17) is 0 Å². The van der Waals surface area contributed by atoms with Crippen LogP contribution in [-0.2, 0) is 0 Å². The molecule has 1 heterocycles. The smallest absolute Gasteiger partial charge is 0.188 e. The Balaban J connectivity index is 2.89. The Labute approximate surface area is 44.3 Å². The van der Waals surface area contributed by atoms with Gasteiger partial charge in [-0.25, -0.2) is 0 Å². The van der Waals surface area contributed by atoms with Crippen LogP contribution in [0.5, 0.6) is 0 Å². The van der Waals surface area contributed by atoms with Crippen molar-refractivity contribution in [2.24, 2.45) is 10.2 Å². The zero-order chi connectivity index (χ0) is 5.98. The first-order valence-electron chi connectivity index (χ1n) is 1.88. The molecule has 0 unspecified atom stereocenters. The summed E-state index contributed by atoms with van der Waals surface area (Å²) in [5.74, 6) is 0. The summed E-state index contributed by atoms with van der Waals surface area (Å²) < 4.78 is 0.104. The van der Waals surface area contributed by atoms with E-state index in [2.05, 4.69) is 10.2 Å². The molecule has 40 valence electrons. The molecule has 0 N–H and O–H groups in total. The lowest BCUT2D eigenvalue weighted by atomic mass is 10.8. The molecule has 8 heavy (non-hydrogen) atoms. The average molecular weight is 112 g/mol. The number of azo groups is 1. The van der Waals surface area contributed by atoms with E-state index in [-0.39, 0.29) is 4.76 Å². The fraction of sp³-hybridized carbons (Fsp3) is 0. The molecule has 1 rings (SSSR count). The highest BCUT2D eigenvalue weighted by Gasteiger charge is 2.20. The molecule has 2 amide bonds. The van der Waals surface area contributed by atoms with Crippen molar-refractivity contribution in [3.8, 4) is 0 Å². The zero-order valence-electron chi connectivity index (χ0n) is 3.81. The Hall–Kier alpha value is -1.39. The normalized spacial score (nSPS) is 17.5. The molecule has 0 aromatic rings. The van der Waals surface area contributed by atoms with Gasteiger partial charge in [0.2, 0.25) is 0 Å².